The minimum atomic E-state index is -0.0870. The Morgan fingerprint density at radius 3 is 2.64 bits per heavy atom. The summed E-state index contributed by atoms with van der Waals surface area (Å²) in [5.74, 6) is 1.24. The predicted molar refractivity (Wildman–Crippen MR) is 91.9 cm³/mol. The molecule has 0 saturated carbocycles. The molecule has 3 aromatic rings. The molecule has 1 amide bonds. The summed E-state index contributed by atoms with van der Waals surface area (Å²) in [5, 5.41) is 7.51. The number of carbonyl (C=O) groups excluding carboxylic acids is 1. The van der Waals surface area contributed by atoms with Crippen LogP contribution in [0.3, 0.4) is 0 Å². The van der Waals surface area contributed by atoms with E-state index in [1.807, 2.05) is 31.2 Å². The van der Waals surface area contributed by atoms with Gasteiger partial charge in [-0.15, -0.1) is 0 Å². The van der Waals surface area contributed by atoms with Gasteiger partial charge in [-0.25, -0.2) is 4.63 Å². The van der Waals surface area contributed by atoms with Crippen molar-refractivity contribution < 1.29 is 18.9 Å². The second-order valence-electron chi connectivity index (χ2n) is 5.35. The van der Waals surface area contributed by atoms with Crippen molar-refractivity contribution in [3.8, 4) is 11.5 Å². The highest BCUT2D eigenvalue weighted by atomic mass is 16.6. The maximum Gasteiger partial charge on any atom is 0.254 e. The molecule has 1 heterocycles. The first-order valence-electron chi connectivity index (χ1n) is 8.00. The Morgan fingerprint density at radius 2 is 1.88 bits per heavy atom. The van der Waals surface area contributed by atoms with E-state index in [0.717, 1.165) is 0 Å². The highest BCUT2D eigenvalue weighted by Crippen LogP contribution is 2.25. The van der Waals surface area contributed by atoms with Crippen LogP contribution >= 0.6 is 0 Å². The van der Waals surface area contributed by atoms with Crippen LogP contribution in [0.15, 0.2) is 47.1 Å². The highest BCUT2D eigenvalue weighted by molar-refractivity contribution is 5.97. The quantitative estimate of drug-likeness (QED) is 0.657. The number of amides is 1. The van der Waals surface area contributed by atoms with Crippen LogP contribution in [0, 0.1) is 0 Å². The molecule has 0 unspecified atom stereocenters. The third-order valence-electron chi connectivity index (χ3n) is 3.86. The molecule has 7 nitrogen and oxygen atoms in total. The van der Waals surface area contributed by atoms with E-state index in [4.69, 9.17) is 9.47 Å². The van der Waals surface area contributed by atoms with Gasteiger partial charge in [0, 0.05) is 12.1 Å². The summed E-state index contributed by atoms with van der Waals surface area (Å²) in [6, 6.07) is 12.5. The molecule has 0 atom stereocenters. The van der Waals surface area contributed by atoms with E-state index in [2.05, 4.69) is 14.9 Å². The van der Waals surface area contributed by atoms with Gasteiger partial charge in [0.25, 0.3) is 5.91 Å². The summed E-state index contributed by atoms with van der Waals surface area (Å²) in [6.45, 7) is 3.33. The lowest BCUT2D eigenvalue weighted by Crippen LogP contribution is -2.34. The third kappa shape index (κ3) is 3.71. The number of rotatable bonds is 7. The largest absolute Gasteiger partial charge is 0.493 e. The van der Waals surface area contributed by atoms with E-state index in [9.17, 15) is 4.79 Å². The molecular weight excluding hydrogens is 322 g/mol. The zero-order chi connectivity index (χ0) is 17.6. The van der Waals surface area contributed by atoms with E-state index >= 15 is 0 Å². The second kappa shape index (κ2) is 7.65. The molecule has 0 bridgehead atoms. The summed E-state index contributed by atoms with van der Waals surface area (Å²) in [4.78, 5) is 14.4. The van der Waals surface area contributed by atoms with Crippen LogP contribution in [-0.2, 0) is 0 Å². The number of hydrogen-bond donors (Lipinski definition) is 0. The smallest absolute Gasteiger partial charge is 0.254 e. The molecule has 0 spiro atoms. The molecule has 0 fully saturated rings. The van der Waals surface area contributed by atoms with Gasteiger partial charge >= 0.3 is 0 Å². The van der Waals surface area contributed by atoms with Gasteiger partial charge in [-0.2, -0.15) is 0 Å². The van der Waals surface area contributed by atoms with Crippen LogP contribution in [0.2, 0.25) is 0 Å². The van der Waals surface area contributed by atoms with Gasteiger partial charge in [0.1, 0.15) is 17.6 Å². The third-order valence-corrected chi connectivity index (χ3v) is 3.86. The van der Waals surface area contributed by atoms with Crippen LogP contribution in [0.4, 0.5) is 0 Å². The molecule has 0 aliphatic rings. The zero-order valence-corrected chi connectivity index (χ0v) is 14.1. The Labute approximate surface area is 145 Å². The average molecular weight is 341 g/mol. The number of fused-ring (bicyclic) bond motifs is 1. The standard InChI is InChI=1S/C18H19N3O4/c1-3-21(10-11-24-17-7-5-4-6-16(17)23-2)18(22)13-8-9-14-15(12-13)20-25-19-14/h4-9,12H,3,10-11H2,1-2H3. The van der Waals surface area contributed by atoms with Gasteiger partial charge in [-0.05, 0) is 47.6 Å². The van der Waals surface area contributed by atoms with Gasteiger partial charge in [0.2, 0.25) is 0 Å². The Hall–Kier alpha value is -3.09. The molecule has 0 aliphatic carbocycles. The van der Waals surface area contributed by atoms with E-state index in [1.165, 1.54) is 0 Å². The predicted octanol–water partition coefficient (Wildman–Crippen LogP) is 2.77. The summed E-state index contributed by atoms with van der Waals surface area (Å²) in [5.41, 5.74) is 1.73. The molecule has 0 saturated heterocycles. The second-order valence-corrected chi connectivity index (χ2v) is 5.35. The number of ether oxygens (including phenoxy) is 2. The molecular formula is C18H19N3O4. The van der Waals surface area contributed by atoms with Crippen molar-refractivity contribution >= 4 is 16.9 Å². The number of para-hydroxylation sites is 2. The minimum Gasteiger partial charge on any atom is -0.493 e. The molecule has 1 aromatic heterocycles. The zero-order valence-electron chi connectivity index (χ0n) is 14.1. The van der Waals surface area contributed by atoms with E-state index in [-0.39, 0.29) is 5.91 Å². The van der Waals surface area contributed by atoms with E-state index in [1.54, 1.807) is 30.2 Å². The lowest BCUT2D eigenvalue weighted by atomic mass is 10.1. The molecule has 0 radical (unpaired) electrons. The number of likely N-dealkylation sites (N-methyl/N-ethyl adjacent to an activating group) is 1. The maximum atomic E-state index is 12.7. The van der Waals surface area contributed by atoms with Gasteiger partial charge < -0.3 is 14.4 Å². The highest BCUT2D eigenvalue weighted by Gasteiger charge is 2.16. The van der Waals surface area contributed by atoms with Crippen molar-refractivity contribution in [3.63, 3.8) is 0 Å². The van der Waals surface area contributed by atoms with Gasteiger partial charge in [-0.1, -0.05) is 12.1 Å². The van der Waals surface area contributed by atoms with Crippen molar-refractivity contribution in [2.75, 3.05) is 26.8 Å². The number of methoxy groups -OCH3 is 1. The van der Waals surface area contributed by atoms with Crippen LogP contribution in [0.1, 0.15) is 17.3 Å². The summed E-state index contributed by atoms with van der Waals surface area (Å²) >= 11 is 0. The average Bonchev–Trinajstić information content (AvgIpc) is 3.13. The molecule has 3 rings (SSSR count). The fourth-order valence-electron chi connectivity index (χ4n) is 2.50. The number of carbonyl (C=O) groups is 1. The topological polar surface area (TPSA) is 77.7 Å². The van der Waals surface area contributed by atoms with Crippen molar-refractivity contribution in [1.82, 2.24) is 15.2 Å². The lowest BCUT2D eigenvalue weighted by Gasteiger charge is -2.21. The van der Waals surface area contributed by atoms with Crippen LogP contribution in [-0.4, -0.2) is 47.9 Å². The van der Waals surface area contributed by atoms with E-state index in [0.29, 0.717) is 47.8 Å². The molecule has 0 N–H and O–H groups in total. The first-order chi connectivity index (χ1) is 12.2. The summed E-state index contributed by atoms with van der Waals surface area (Å²) < 4.78 is 15.7. The Balaban J connectivity index is 1.64. The van der Waals surface area contributed by atoms with Crippen LogP contribution < -0.4 is 9.47 Å². The van der Waals surface area contributed by atoms with Crippen molar-refractivity contribution in [2.45, 2.75) is 6.92 Å². The van der Waals surface area contributed by atoms with Crippen LogP contribution in [0.25, 0.3) is 11.0 Å². The van der Waals surface area contributed by atoms with E-state index < -0.39 is 0 Å². The number of benzene rings is 2. The maximum absolute atomic E-state index is 12.7. The van der Waals surface area contributed by atoms with Gasteiger partial charge in [0.15, 0.2) is 11.5 Å². The first-order valence-corrected chi connectivity index (χ1v) is 8.00. The normalized spacial score (nSPS) is 10.6. The molecule has 2 aromatic carbocycles. The Morgan fingerprint density at radius 1 is 1.12 bits per heavy atom. The van der Waals surface area contributed by atoms with Crippen molar-refractivity contribution in [1.29, 1.82) is 0 Å². The number of hydrogen-bond acceptors (Lipinski definition) is 6. The monoisotopic (exact) mass is 341 g/mol. The Bertz CT molecular complexity index is 862. The van der Waals surface area contributed by atoms with Crippen molar-refractivity contribution in [2.24, 2.45) is 0 Å². The SMILES string of the molecule is CCN(CCOc1ccccc1OC)C(=O)c1ccc2nonc2c1. The Kier molecular flexibility index (Phi) is 5.13. The molecule has 25 heavy (non-hydrogen) atoms. The molecule has 7 heteroatoms. The number of aromatic nitrogens is 2. The lowest BCUT2D eigenvalue weighted by molar-refractivity contribution is 0.0739. The van der Waals surface area contributed by atoms with Gasteiger partial charge in [0.05, 0.1) is 13.7 Å². The van der Waals surface area contributed by atoms with Gasteiger partial charge in [-0.3, -0.25) is 4.79 Å². The minimum absolute atomic E-state index is 0.0870. The fraction of sp³-hybridized carbons (Fsp3) is 0.278. The molecule has 130 valence electrons. The molecule has 0 aliphatic heterocycles. The summed E-state index contributed by atoms with van der Waals surface area (Å²) in [7, 11) is 1.60. The van der Waals surface area contributed by atoms with Crippen LogP contribution in [0.5, 0.6) is 11.5 Å². The summed E-state index contributed by atoms with van der Waals surface area (Å²) in [6.07, 6.45) is 0. The number of nitrogens with zero attached hydrogens (tertiary/aromatic N) is 3. The first kappa shape index (κ1) is 16.8. The fourth-order valence-corrected chi connectivity index (χ4v) is 2.50. The van der Waals surface area contributed by atoms with Crippen molar-refractivity contribution in [3.05, 3.63) is 48.0 Å².